The number of nitrogens with two attached hydrogens (primary N) is 1. The summed E-state index contributed by atoms with van der Waals surface area (Å²) in [6.45, 7) is 0. The van der Waals surface area contributed by atoms with Crippen LogP contribution in [0, 0.1) is 16.7 Å². The lowest BCUT2D eigenvalue weighted by molar-refractivity contribution is 0.324. The van der Waals surface area contributed by atoms with Crippen molar-refractivity contribution in [3.8, 4) is 34.4 Å². The summed E-state index contributed by atoms with van der Waals surface area (Å²) in [7, 11) is 4.66. The third-order valence-electron chi connectivity index (χ3n) is 3.52. The van der Waals surface area contributed by atoms with Gasteiger partial charge in [0.25, 0.3) is 0 Å². The van der Waals surface area contributed by atoms with Gasteiger partial charge < -0.3 is 19.9 Å². The van der Waals surface area contributed by atoms with E-state index in [9.17, 15) is 0 Å². The van der Waals surface area contributed by atoms with E-state index < -0.39 is 5.84 Å². The molecule has 0 radical (unpaired) electrons. The van der Waals surface area contributed by atoms with Crippen LogP contribution < -0.4 is 25.4 Å². The number of hydrogen-bond acceptors (Lipinski definition) is 7. The summed E-state index contributed by atoms with van der Waals surface area (Å²) >= 11 is 0. The van der Waals surface area contributed by atoms with Crippen LogP contribution in [0.4, 0.5) is 5.69 Å². The lowest BCUT2D eigenvalue weighted by Gasteiger charge is -2.14. The minimum absolute atomic E-state index is 0.191. The fourth-order valence-corrected chi connectivity index (χ4v) is 2.28. The van der Waals surface area contributed by atoms with E-state index in [1.165, 1.54) is 0 Å². The molecule has 2 aromatic carbocycles. The van der Waals surface area contributed by atoms with Gasteiger partial charge in [-0.15, -0.1) is 0 Å². The summed E-state index contributed by atoms with van der Waals surface area (Å²) in [5, 5.41) is 20.0. The molecule has 134 valence electrons. The molecule has 0 spiro atoms. The maximum atomic E-state index is 8.89. The fourth-order valence-electron chi connectivity index (χ4n) is 2.28. The summed E-state index contributed by atoms with van der Waals surface area (Å²) < 4.78 is 16.1. The molecule has 2 rings (SSSR count). The maximum Gasteiger partial charge on any atom is 0.203 e. The molecule has 0 bridgehead atoms. The van der Waals surface area contributed by atoms with E-state index in [0.29, 0.717) is 22.9 Å². The number of hydrogen-bond donors (Lipinski definition) is 3. The number of benzene rings is 2. The molecule has 0 fully saturated rings. The van der Waals surface area contributed by atoms with Crippen molar-refractivity contribution in [2.24, 2.45) is 10.8 Å². The molecule has 4 N–H and O–H groups in total. The van der Waals surface area contributed by atoms with E-state index in [-0.39, 0.29) is 5.71 Å². The van der Waals surface area contributed by atoms with Gasteiger partial charge in [0.2, 0.25) is 11.5 Å². The topological polar surface area (TPSA) is 126 Å². The Morgan fingerprint density at radius 2 is 1.73 bits per heavy atom. The van der Waals surface area contributed by atoms with Crippen molar-refractivity contribution in [1.29, 1.82) is 10.7 Å². The largest absolute Gasteiger partial charge is 0.493 e. The molecule has 0 aromatic heterocycles. The van der Waals surface area contributed by atoms with Crippen LogP contribution >= 0.6 is 0 Å². The molecule has 0 saturated heterocycles. The number of ether oxygens (including phenoxy) is 3. The molecular weight excluding hydrogens is 334 g/mol. The van der Waals surface area contributed by atoms with Crippen LogP contribution in [0.15, 0.2) is 41.5 Å². The zero-order valence-electron chi connectivity index (χ0n) is 14.7. The first-order chi connectivity index (χ1) is 12.5. The monoisotopic (exact) mass is 353 g/mol. The molecule has 8 heteroatoms. The summed E-state index contributed by atoms with van der Waals surface area (Å²) in [6, 6.07) is 12.8. The van der Waals surface area contributed by atoms with Crippen LogP contribution in [0.5, 0.6) is 17.2 Å². The lowest BCUT2D eigenvalue weighted by Crippen LogP contribution is -2.21. The van der Waals surface area contributed by atoms with Gasteiger partial charge in [0.05, 0.1) is 27.0 Å². The highest BCUT2D eigenvalue weighted by atomic mass is 16.5. The second-order valence-electron chi connectivity index (χ2n) is 5.09. The minimum Gasteiger partial charge on any atom is -0.493 e. The van der Waals surface area contributed by atoms with Crippen molar-refractivity contribution in [1.82, 2.24) is 0 Å². The molecule has 0 atom stereocenters. The molecule has 0 amide bonds. The van der Waals surface area contributed by atoms with Crippen LogP contribution in [-0.4, -0.2) is 32.9 Å². The van der Waals surface area contributed by atoms with Crippen molar-refractivity contribution in [3.63, 3.8) is 0 Å². The van der Waals surface area contributed by atoms with Gasteiger partial charge in [-0.25, -0.2) is 0 Å². The van der Waals surface area contributed by atoms with Gasteiger partial charge in [0.1, 0.15) is 6.07 Å². The van der Waals surface area contributed by atoms with Gasteiger partial charge >= 0.3 is 0 Å². The molecule has 0 aliphatic carbocycles. The standard InChI is InChI=1S/C18H19N5O3/c1-24-15-8-12(9-16(25-2)17(15)26-3)11-5-4-6-13(7-11)22-23-14(10-19)18(20)21/h4-9,22H,1-3H3,(H3,20,21)/b23-14+. The fraction of sp³-hybridized carbons (Fsp3) is 0.167. The predicted molar refractivity (Wildman–Crippen MR) is 100 cm³/mol. The number of methoxy groups -OCH3 is 3. The van der Waals surface area contributed by atoms with E-state index in [0.717, 1.165) is 11.1 Å². The van der Waals surface area contributed by atoms with E-state index in [2.05, 4.69) is 10.5 Å². The summed E-state index contributed by atoms with van der Waals surface area (Å²) in [5.74, 6) is 1.20. The highest BCUT2D eigenvalue weighted by Crippen LogP contribution is 2.41. The first kappa shape index (κ1) is 18.6. The molecule has 0 unspecified atom stereocenters. The highest BCUT2D eigenvalue weighted by Gasteiger charge is 2.14. The molecule has 0 aliphatic heterocycles. The van der Waals surface area contributed by atoms with Gasteiger partial charge in [-0.3, -0.25) is 10.8 Å². The summed E-state index contributed by atoms with van der Waals surface area (Å²) in [6.07, 6.45) is 0. The van der Waals surface area contributed by atoms with Gasteiger partial charge in [-0.05, 0) is 35.4 Å². The van der Waals surface area contributed by atoms with E-state index in [4.69, 9.17) is 30.6 Å². The van der Waals surface area contributed by atoms with Gasteiger partial charge in [-0.2, -0.15) is 10.4 Å². The minimum atomic E-state index is -0.402. The maximum absolute atomic E-state index is 8.89. The first-order valence-corrected chi connectivity index (χ1v) is 7.52. The number of nitrogens with one attached hydrogen (secondary N) is 2. The number of hydrazone groups is 1. The summed E-state index contributed by atoms with van der Waals surface area (Å²) in [5.41, 5.74) is 10.1. The number of anilines is 1. The first-order valence-electron chi connectivity index (χ1n) is 7.52. The molecular formula is C18H19N5O3. The Labute approximate surface area is 151 Å². The quantitative estimate of drug-likeness (QED) is 0.399. The Balaban J connectivity index is 2.42. The smallest absolute Gasteiger partial charge is 0.203 e. The second kappa shape index (κ2) is 8.39. The average molecular weight is 353 g/mol. The van der Waals surface area contributed by atoms with Crippen molar-refractivity contribution < 1.29 is 14.2 Å². The van der Waals surface area contributed by atoms with Crippen molar-refractivity contribution >= 4 is 17.2 Å². The number of nitrogens with zero attached hydrogens (tertiary/aromatic N) is 2. The van der Waals surface area contributed by atoms with Crippen molar-refractivity contribution in [2.75, 3.05) is 26.8 Å². The molecule has 26 heavy (non-hydrogen) atoms. The third kappa shape index (κ3) is 4.02. The zero-order chi connectivity index (χ0) is 19.1. The Bertz CT molecular complexity index is 862. The van der Waals surface area contributed by atoms with E-state index >= 15 is 0 Å². The van der Waals surface area contributed by atoms with E-state index in [1.54, 1.807) is 33.5 Å². The van der Waals surface area contributed by atoms with Crippen LogP contribution in [0.25, 0.3) is 11.1 Å². The highest BCUT2D eigenvalue weighted by molar-refractivity contribution is 6.45. The van der Waals surface area contributed by atoms with Crippen molar-refractivity contribution in [3.05, 3.63) is 36.4 Å². The molecule has 0 aliphatic rings. The van der Waals surface area contributed by atoms with Crippen molar-refractivity contribution in [2.45, 2.75) is 0 Å². The van der Waals surface area contributed by atoms with Gasteiger partial charge in [-0.1, -0.05) is 12.1 Å². The Morgan fingerprint density at radius 1 is 1.08 bits per heavy atom. The van der Waals surface area contributed by atoms with Crippen LogP contribution in [0.3, 0.4) is 0 Å². The van der Waals surface area contributed by atoms with Crippen LogP contribution in [-0.2, 0) is 0 Å². The molecule has 2 aromatic rings. The Morgan fingerprint density at radius 3 is 2.23 bits per heavy atom. The molecule has 0 heterocycles. The second-order valence-corrected chi connectivity index (χ2v) is 5.09. The summed E-state index contributed by atoms with van der Waals surface area (Å²) in [4.78, 5) is 0. The normalized spacial score (nSPS) is 10.6. The van der Waals surface area contributed by atoms with Crippen LogP contribution in [0.2, 0.25) is 0 Å². The third-order valence-corrected chi connectivity index (χ3v) is 3.52. The predicted octanol–water partition coefficient (Wildman–Crippen LogP) is 2.61. The molecule has 8 nitrogen and oxygen atoms in total. The Kier molecular flexibility index (Phi) is 6.01. The Hall–Kier alpha value is -3.73. The zero-order valence-corrected chi connectivity index (χ0v) is 14.7. The number of rotatable bonds is 7. The number of nitriles is 1. The van der Waals surface area contributed by atoms with Gasteiger partial charge in [0, 0.05) is 0 Å². The SMILES string of the molecule is COc1cc(-c2cccc(N/N=C(\C#N)C(=N)N)c2)cc(OC)c1OC. The molecule has 0 saturated carbocycles. The number of amidine groups is 1. The van der Waals surface area contributed by atoms with E-state index in [1.807, 2.05) is 30.3 Å². The lowest BCUT2D eigenvalue weighted by atomic mass is 10.0. The van der Waals surface area contributed by atoms with Crippen LogP contribution in [0.1, 0.15) is 0 Å². The van der Waals surface area contributed by atoms with Gasteiger partial charge in [0.15, 0.2) is 17.3 Å². The average Bonchev–Trinajstić information content (AvgIpc) is 2.67.